The zero-order valence-electron chi connectivity index (χ0n) is 13.1. The Morgan fingerprint density at radius 2 is 1.90 bits per heavy atom. The van der Waals surface area contributed by atoms with Crippen LogP contribution in [0.2, 0.25) is 0 Å². The maximum Gasteiger partial charge on any atom is 0.161 e. The molecule has 0 amide bonds. The van der Waals surface area contributed by atoms with Crippen molar-refractivity contribution in [1.82, 2.24) is 4.90 Å². The zero-order valence-corrected chi connectivity index (χ0v) is 14.6. The molecule has 2 atom stereocenters. The van der Waals surface area contributed by atoms with E-state index in [9.17, 15) is 0 Å². The number of hydrogen-bond acceptors (Lipinski definition) is 4. The summed E-state index contributed by atoms with van der Waals surface area (Å²) in [6, 6.07) is 5.05. The van der Waals surface area contributed by atoms with Gasteiger partial charge in [-0.3, -0.25) is 4.90 Å². The molecule has 0 aliphatic carbocycles. The number of likely N-dealkylation sites (tertiary alicyclic amines) is 1. The van der Waals surface area contributed by atoms with Gasteiger partial charge in [0.05, 0.1) is 14.2 Å². The van der Waals surface area contributed by atoms with Gasteiger partial charge in [-0.1, -0.05) is 22.4 Å². The van der Waals surface area contributed by atoms with Gasteiger partial charge in [0.2, 0.25) is 0 Å². The second-order valence-corrected chi connectivity index (χ2v) is 6.49. The number of nitrogens with two attached hydrogens (primary N) is 1. The second-order valence-electron chi connectivity index (χ2n) is 5.64. The molecule has 0 spiro atoms. The van der Waals surface area contributed by atoms with E-state index in [4.69, 9.17) is 15.2 Å². The summed E-state index contributed by atoms with van der Waals surface area (Å²) in [4.78, 5) is 2.51. The van der Waals surface area contributed by atoms with Crippen LogP contribution in [0, 0.1) is 0 Å². The fourth-order valence-electron chi connectivity index (χ4n) is 3.09. The normalized spacial score (nSPS) is 23.1. The highest BCUT2D eigenvalue weighted by atomic mass is 79.9. The van der Waals surface area contributed by atoms with Crippen LogP contribution in [-0.2, 0) is 6.54 Å². The number of piperidine rings is 1. The predicted octanol–water partition coefficient (Wildman–Crippen LogP) is 3.17. The first-order valence-corrected chi connectivity index (χ1v) is 8.26. The molecule has 1 fully saturated rings. The van der Waals surface area contributed by atoms with E-state index in [1.807, 2.05) is 6.07 Å². The van der Waals surface area contributed by atoms with E-state index in [1.54, 1.807) is 14.2 Å². The third kappa shape index (κ3) is 3.71. The fraction of sp³-hybridized carbons (Fsp3) is 0.625. The molecule has 1 aliphatic heterocycles. The van der Waals surface area contributed by atoms with Crippen molar-refractivity contribution in [3.8, 4) is 11.5 Å². The topological polar surface area (TPSA) is 47.7 Å². The van der Waals surface area contributed by atoms with E-state index < -0.39 is 0 Å². The van der Waals surface area contributed by atoms with Crippen molar-refractivity contribution >= 4 is 15.9 Å². The fourth-order valence-corrected chi connectivity index (χ4v) is 3.54. The Balaban J connectivity index is 2.25. The second kappa shape index (κ2) is 7.47. The molecular formula is C16H25BrN2O2. The number of rotatable bonds is 5. The highest BCUT2D eigenvalue weighted by Crippen LogP contribution is 2.35. The lowest BCUT2D eigenvalue weighted by Crippen LogP contribution is -2.48. The van der Waals surface area contributed by atoms with Gasteiger partial charge >= 0.3 is 0 Å². The van der Waals surface area contributed by atoms with Crippen LogP contribution >= 0.6 is 15.9 Å². The molecule has 1 aromatic carbocycles. The van der Waals surface area contributed by atoms with Crippen molar-refractivity contribution in [3.05, 3.63) is 22.2 Å². The lowest BCUT2D eigenvalue weighted by atomic mass is 9.95. The highest BCUT2D eigenvalue weighted by Gasteiger charge is 2.27. The van der Waals surface area contributed by atoms with E-state index in [0.717, 1.165) is 29.1 Å². The number of halogens is 1. The Hall–Kier alpha value is -0.780. The van der Waals surface area contributed by atoms with Crippen molar-refractivity contribution in [2.75, 3.05) is 20.8 Å². The highest BCUT2D eigenvalue weighted by molar-refractivity contribution is 9.10. The number of hydrogen-bond donors (Lipinski definition) is 1. The Morgan fingerprint density at radius 3 is 2.52 bits per heavy atom. The summed E-state index contributed by atoms with van der Waals surface area (Å²) in [5.74, 6) is 1.51. The molecule has 0 saturated carbocycles. The zero-order chi connectivity index (χ0) is 15.4. The van der Waals surface area contributed by atoms with E-state index in [1.165, 1.54) is 24.8 Å². The molecule has 2 rings (SSSR count). The van der Waals surface area contributed by atoms with Crippen LogP contribution in [0.25, 0.3) is 0 Å². The van der Waals surface area contributed by atoms with E-state index >= 15 is 0 Å². The van der Waals surface area contributed by atoms with Crippen molar-refractivity contribution < 1.29 is 9.47 Å². The number of ether oxygens (including phenoxy) is 2. The van der Waals surface area contributed by atoms with Crippen LogP contribution in [0.15, 0.2) is 16.6 Å². The van der Waals surface area contributed by atoms with Gasteiger partial charge in [-0.2, -0.15) is 0 Å². The first kappa shape index (κ1) is 16.6. The summed E-state index contributed by atoms with van der Waals surface area (Å²) in [5.41, 5.74) is 7.16. The molecule has 1 aliphatic rings. The summed E-state index contributed by atoms with van der Waals surface area (Å²) in [6.07, 6.45) is 3.69. The van der Waals surface area contributed by atoms with E-state index in [0.29, 0.717) is 12.1 Å². The summed E-state index contributed by atoms with van der Waals surface area (Å²) in [5, 5.41) is 0. The summed E-state index contributed by atoms with van der Waals surface area (Å²) >= 11 is 3.65. The number of methoxy groups -OCH3 is 2. The Labute approximate surface area is 135 Å². The minimum Gasteiger partial charge on any atom is -0.493 e. The average molecular weight is 357 g/mol. The van der Waals surface area contributed by atoms with Crippen molar-refractivity contribution in [1.29, 1.82) is 0 Å². The molecule has 0 aromatic heterocycles. The molecule has 21 heavy (non-hydrogen) atoms. The molecular weight excluding hydrogens is 332 g/mol. The van der Waals surface area contributed by atoms with E-state index in [2.05, 4.69) is 33.8 Å². The molecule has 118 valence electrons. The Kier molecular flexibility index (Phi) is 5.90. The lowest BCUT2D eigenvalue weighted by molar-refractivity contribution is 0.0889. The monoisotopic (exact) mass is 356 g/mol. The summed E-state index contributed by atoms with van der Waals surface area (Å²) in [6.45, 7) is 3.88. The summed E-state index contributed by atoms with van der Waals surface area (Å²) < 4.78 is 11.8. The number of nitrogens with zero attached hydrogens (tertiary/aromatic N) is 1. The standard InChI is InChI=1S/C16H25BrN2O2/c1-11-5-4-6-13(9-18)19(11)10-12-7-15(20-2)16(21-3)8-14(12)17/h7-8,11,13H,4-6,9-10,18H2,1-3H3. The van der Waals surface area contributed by atoms with Crippen LogP contribution in [0.5, 0.6) is 11.5 Å². The molecule has 0 bridgehead atoms. The minimum atomic E-state index is 0.466. The lowest BCUT2D eigenvalue weighted by Gasteiger charge is -2.40. The number of benzene rings is 1. The third-order valence-corrected chi connectivity index (χ3v) is 5.11. The van der Waals surface area contributed by atoms with Crippen molar-refractivity contribution in [2.24, 2.45) is 5.73 Å². The maximum absolute atomic E-state index is 5.95. The Morgan fingerprint density at radius 1 is 1.24 bits per heavy atom. The SMILES string of the molecule is COc1cc(Br)c(CN2C(C)CCCC2CN)cc1OC. The van der Waals surface area contributed by atoms with E-state index in [-0.39, 0.29) is 0 Å². The van der Waals surface area contributed by atoms with Crippen molar-refractivity contribution in [2.45, 2.75) is 44.8 Å². The summed E-state index contributed by atoms with van der Waals surface area (Å²) in [7, 11) is 3.32. The van der Waals surface area contributed by atoms with Crippen molar-refractivity contribution in [3.63, 3.8) is 0 Å². The maximum atomic E-state index is 5.95. The van der Waals surface area contributed by atoms with Gasteiger partial charge in [0.15, 0.2) is 11.5 Å². The molecule has 1 heterocycles. The van der Waals surface area contributed by atoms with Gasteiger partial charge in [0.1, 0.15) is 0 Å². The average Bonchev–Trinajstić information content (AvgIpc) is 2.50. The molecule has 5 heteroatoms. The van der Waals surface area contributed by atoms with Crippen LogP contribution in [0.1, 0.15) is 31.7 Å². The first-order valence-electron chi connectivity index (χ1n) is 7.46. The van der Waals surface area contributed by atoms with Gasteiger partial charge in [0.25, 0.3) is 0 Å². The van der Waals surface area contributed by atoms with Gasteiger partial charge in [-0.15, -0.1) is 0 Å². The van der Waals surface area contributed by atoms with Gasteiger partial charge in [-0.25, -0.2) is 0 Å². The van der Waals surface area contributed by atoms with Gasteiger partial charge in [0, 0.05) is 29.6 Å². The smallest absolute Gasteiger partial charge is 0.161 e. The quantitative estimate of drug-likeness (QED) is 0.879. The molecule has 2 N–H and O–H groups in total. The molecule has 2 unspecified atom stereocenters. The third-order valence-electron chi connectivity index (χ3n) is 4.37. The minimum absolute atomic E-state index is 0.466. The van der Waals surface area contributed by atoms with Crippen LogP contribution in [0.4, 0.5) is 0 Å². The van der Waals surface area contributed by atoms with Gasteiger partial charge < -0.3 is 15.2 Å². The molecule has 1 saturated heterocycles. The van der Waals surface area contributed by atoms with Crippen LogP contribution < -0.4 is 15.2 Å². The molecule has 0 radical (unpaired) electrons. The van der Waals surface area contributed by atoms with Crippen LogP contribution in [-0.4, -0.2) is 37.7 Å². The Bertz CT molecular complexity index is 482. The molecule has 4 nitrogen and oxygen atoms in total. The predicted molar refractivity (Wildman–Crippen MR) is 88.9 cm³/mol. The molecule has 1 aromatic rings. The largest absolute Gasteiger partial charge is 0.493 e. The van der Waals surface area contributed by atoms with Crippen LogP contribution in [0.3, 0.4) is 0 Å². The van der Waals surface area contributed by atoms with Gasteiger partial charge in [-0.05, 0) is 37.5 Å². The first-order chi connectivity index (χ1) is 10.1.